The number of hydrogen-bond donors (Lipinski definition) is 2. The molecule has 0 saturated carbocycles. The number of anilines is 1. The fraction of sp³-hybridized carbons (Fsp3) is 0.227. The molecule has 4 aromatic rings. The van der Waals surface area contributed by atoms with Gasteiger partial charge < -0.3 is 15.3 Å². The van der Waals surface area contributed by atoms with E-state index in [1.807, 2.05) is 28.8 Å². The third-order valence-electron chi connectivity index (χ3n) is 5.33. The van der Waals surface area contributed by atoms with Crippen molar-refractivity contribution in [2.75, 3.05) is 31.1 Å². The van der Waals surface area contributed by atoms with Gasteiger partial charge in [-0.15, -0.1) is 5.10 Å². The third-order valence-corrected chi connectivity index (χ3v) is 5.33. The van der Waals surface area contributed by atoms with Crippen LogP contribution in [0.15, 0.2) is 60.9 Å². The highest BCUT2D eigenvalue weighted by molar-refractivity contribution is 5.81. The van der Waals surface area contributed by atoms with Gasteiger partial charge in [-0.2, -0.15) is 0 Å². The smallest absolute Gasteiger partial charge is 0.155 e. The van der Waals surface area contributed by atoms with Gasteiger partial charge in [-0.1, -0.05) is 0 Å². The summed E-state index contributed by atoms with van der Waals surface area (Å²) in [7, 11) is 0. The highest BCUT2D eigenvalue weighted by atomic mass is 19.1. The zero-order valence-electron chi connectivity index (χ0n) is 16.2. The molecule has 152 valence electrons. The summed E-state index contributed by atoms with van der Waals surface area (Å²) in [4.78, 5) is 11.1. The molecule has 1 unspecified atom stereocenters. The van der Waals surface area contributed by atoms with Crippen LogP contribution >= 0.6 is 0 Å². The Hall–Kier alpha value is -3.36. The Bertz CT molecular complexity index is 1160. The fourth-order valence-corrected chi connectivity index (χ4v) is 3.83. The van der Waals surface area contributed by atoms with Crippen LogP contribution in [0.1, 0.15) is 0 Å². The zero-order valence-corrected chi connectivity index (χ0v) is 16.2. The number of aromatic nitrogens is 4. The number of imidazole rings is 1. The molecular formula is C22H21FN6O. The van der Waals surface area contributed by atoms with Crippen molar-refractivity contribution in [3.05, 3.63) is 66.7 Å². The molecule has 3 aromatic heterocycles. The average Bonchev–Trinajstić information content (AvgIpc) is 3.19. The Morgan fingerprint density at radius 2 is 1.83 bits per heavy atom. The van der Waals surface area contributed by atoms with Gasteiger partial charge in [-0.05, 0) is 48.5 Å². The Morgan fingerprint density at radius 3 is 2.60 bits per heavy atom. The molecule has 1 atom stereocenters. The van der Waals surface area contributed by atoms with E-state index in [1.54, 1.807) is 24.5 Å². The molecular weight excluding hydrogens is 383 g/mol. The maximum absolute atomic E-state index is 13.5. The second kappa shape index (κ2) is 7.81. The second-order valence-corrected chi connectivity index (χ2v) is 7.29. The summed E-state index contributed by atoms with van der Waals surface area (Å²) in [6.07, 6.45) is 3.46. The first-order valence-electron chi connectivity index (χ1n) is 9.88. The highest BCUT2D eigenvalue weighted by Crippen LogP contribution is 2.32. The van der Waals surface area contributed by atoms with Crippen LogP contribution < -0.4 is 10.2 Å². The van der Waals surface area contributed by atoms with E-state index in [-0.39, 0.29) is 18.5 Å². The molecule has 1 saturated heterocycles. The van der Waals surface area contributed by atoms with Crippen LogP contribution in [0.3, 0.4) is 0 Å². The summed E-state index contributed by atoms with van der Waals surface area (Å²) in [5, 5.41) is 17.7. The van der Waals surface area contributed by atoms with Gasteiger partial charge in [-0.3, -0.25) is 4.98 Å². The maximum Gasteiger partial charge on any atom is 0.155 e. The van der Waals surface area contributed by atoms with Crippen LogP contribution in [-0.2, 0) is 0 Å². The molecule has 1 aliphatic heterocycles. The van der Waals surface area contributed by atoms with Crippen molar-refractivity contribution in [2.24, 2.45) is 0 Å². The van der Waals surface area contributed by atoms with Gasteiger partial charge >= 0.3 is 0 Å². The van der Waals surface area contributed by atoms with Crippen molar-refractivity contribution in [1.82, 2.24) is 24.9 Å². The fourth-order valence-electron chi connectivity index (χ4n) is 3.83. The van der Waals surface area contributed by atoms with Crippen LogP contribution in [0.25, 0.3) is 28.2 Å². The highest BCUT2D eigenvalue weighted by Gasteiger charge is 2.22. The summed E-state index contributed by atoms with van der Waals surface area (Å²) < 4.78 is 15.3. The number of benzene rings is 1. The van der Waals surface area contributed by atoms with Crippen molar-refractivity contribution >= 4 is 11.5 Å². The number of nitrogens with zero attached hydrogens (tertiary/aromatic N) is 5. The summed E-state index contributed by atoms with van der Waals surface area (Å²) in [6.45, 7) is 2.35. The molecule has 0 spiro atoms. The van der Waals surface area contributed by atoms with Gasteiger partial charge in [0, 0.05) is 49.2 Å². The summed E-state index contributed by atoms with van der Waals surface area (Å²) in [5.74, 6) is 0.534. The van der Waals surface area contributed by atoms with Gasteiger partial charge in [0.25, 0.3) is 0 Å². The second-order valence-electron chi connectivity index (χ2n) is 7.29. The largest absolute Gasteiger partial charge is 0.395 e. The molecule has 4 heterocycles. The van der Waals surface area contributed by atoms with Crippen molar-refractivity contribution in [2.45, 2.75) is 6.04 Å². The van der Waals surface area contributed by atoms with Crippen LogP contribution in [0.4, 0.5) is 10.2 Å². The summed E-state index contributed by atoms with van der Waals surface area (Å²) in [6, 6.07) is 14.1. The minimum atomic E-state index is -0.287. The number of pyridine rings is 1. The lowest BCUT2D eigenvalue weighted by Gasteiger charge is -2.33. The van der Waals surface area contributed by atoms with Gasteiger partial charge in [0.15, 0.2) is 5.65 Å². The number of halogens is 1. The van der Waals surface area contributed by atoms with E-state index in [2.05, 4.69) is 15.2 Å². The quantitative estimate of drug-likeness (QED) is 0.544. The topological polar surface area (TPSA) is 78.6 Å². The minimum Gasteiger partial charge on any atom is -0.395 e. The number of hydrogen-bond acceptors (Lipinski definition) is 6. The predicted molar refractivity (Wildman–Crippen MR) is 113 cm³/mol. The van der Waals surface area contributed by atoms with Gasteiger partial charge in [0.1, 0.15) is 17.3 Å². The first-order chi connectivity index (χ1) is 14.7. The van der Waals surface area contributed by atoms with Gasteiger partial charge in [0.05, 0.1) is 12.3 Å². The lowest BCUT2D eigenvalue weighted by molar-refractivity contribution is 0.235. The first-order valence-corrected chi connectivity index (χ1v) is 9.88. The van der Waals surface area contributed by atoms with E-state index in [4.69, 9.17) is 10.1 Å². The molecule has 0 aliphatic carbocycles. The molecule has 30 heavy (non-hydrogen) atoms. The Morgan fingerprint density at radius 1 is 1.03 bits per heavy atom. The molecule has 7 nitrogen and oxygen atoms in total. The van der Waals surface area contributed by atoms with Gasteiger partial charge in [-0.25, -0.2) is 13.9 Å². The summed E-state index contributed by atoms with van der Waals surface area (Å²) in [5.41, 5.74) is 4.01. The van der Waals surface area contributed by atoms with Gasteiger partial charge in [0.2, 0.25) is 0 Å². The molecule has 0 radical (unpaired) electrons. The van der Waals surface area contributed by atoms with E-state index in [0.29, 0.717) is 12.2 Å². The normalized spacial score (nSPS) is 16.9. The first kappa shape index (κ1) is 18.7. The lowest BCUT2D eigenvalue weighted by Crippen LogP contribution is -2.52. The number of rotatable bonds is 4. The molecule has 0 bridgehead atoms. The van der Waals surface area contributed by atoms with E-state index >= 15 is 0 Å². The number of aliphatic hydroxyl groups excluding tert-OH is 1. The summed E-state index contributed by atoms with van der Waals surface area (Å²) >= 11 is 0. The lowest BCUT2D eigenvalue weighted by atomic mass is 10.1. The molecule has 2 N–H and O–H groups in total. The Balaban J connectivity index is 1.66. The average molecular weight is 404 g/mol. The van der Waals surface area contributed by atoms with E-state index in [0.717, 1.165) is 41.4 Å². The molecule has 1 fully saturated rings. The SMILES string of the molecule is OCC1CN(c2ccc3nc(-c4ccc(F)cc4)c(-c4ccncc4)n3n2)CCN1. The van der Waals surface area contributed by atoms with Crippen molar-refractivity contribution in [3.63, 3.8) is 0 Å². The molecule has 0 amide bonds. The van der Waals surface area contributed by atoms with Crippen LogP contribution in [0, 0.1) is 5.82 Å². The van der Waals surface area contributed by atoms with Crippen molar-refractivity contribution in [3.8, 4) is 22.5 Å². The van der Waals surface area contributed by atoms with Crippen LogP contribution in [-0.4, -0.2) is 57.0 Å². The molecule has 1 aromatic carbocycles. The van der Waals surface area contributed by atoms with Crippen molar-refractivity contribution < 1.29 is 9.50 Å². The predicted octanol–water partition coefficient (Wildman–Crippen LogP) is 2.37. The third kappa shape index (κ3) is 3.40. The van der Waals surface area contributed by atoms with E-state index in [9.17, 15) is 9.50 Å². The number of aliphatic hydroxyl groups is 1. The van der Waals surface area contributed by atoms with E-state index in [1.165, 1.54) is 12.1 Å². The van der Waals surface area contributed by atoms with Crippen LogP contribution in [0.5, 0.6) is 0 Å². The molecule has 8 heteroatoms. The monoisotopic (exact) mass is 404 g/mol. The van der Waals surface area contributed by atoms with E-state index < -0.39 is 0 Å². The number of piperazine rings is 1. The molecule has 5 rings (SSSR count). The van der Waals surface area contributed by atoms with Crippen molar-refractivity contribution in [1.29, 1.82) is 0 Å². The minimum absolute atomic E-state index is 0.0217. The molecule has 1 aliphatic rings. The Labute approximate surface area is 172 Å². The number of fused-ring (bicyclic) bond motifs is 1. The standard InChI is InChI=1S/C22H21FN6O/c23-17-3-1-15(2-4-17)21-22(16-7-9-24-10-8-16)29-19(26-21)5-6-20(27-29)28-12-11-25-18(13-28)14-30/h1-10,18,25,30H,11-14H2. The maximum atomic E-state index is 13.5. The Kier molecular flexibility index (Phi) is 4.86. The van der Waals surface area contributed by atoms with Crippen LogP contribution in [0.2, 0.25) is 0 Å². The zero-order chi connectivity index (χ0) is 20.5. The number of nitrogens with one attached hydrogen (secondary N) is 1.